The van der Waals surface area contributed by atoms with Crippen LogP contribution in [0.15, 0.2) is 28.9 Å². The Morgan fingerprint density at radius 1 is 1.29 bits per heavy atom. The maximum atomic E-state index is 13.9. The zero-order chi connectivity index (χ0) is 20.1. The minimum Gasteiger partial charge on any atom is -0.364 e. The second-order valence-corrected chi connectivity index (χ2v) is 7.85. The van der Waals surface area contributed by atoms with E-state index in [4.69, 9.17) is 5.73 Å². The third-order valence-electron chi connectivity index (χ3n) is 4.87. The number of aromatic nitrogens is 2. The molecule has 1 saturated carbocycles. The van der Waals surface area contributed by atoms with E-state index in [2.05, 4.69) is 36.5 Å². The monoisotopic (exact) mass is 452 g/mol. The van der Waals surface area contributed by atoms with Crippen molar-refractivity contribution < 1.29 is 9.31 Å². The largest absolute Gasteiger partial charge is 0.364 e. The molecule has 1 aliphatic rings. The van der Waals surface area contributed by atoms with Gasteiger partial charge in [0.15, 0.2) is 0 Å². The Morgan fingerprint density at radius 2 is 2.04 bits per heavy atom. The summed E-state index contributed by atoms with van der Waals surface area (Å²) in [5.74, 6) is 0.398. The average Bonchev–Trinajstić information content (AvgIpc) is 2.67. The van der Waals surface area contributed by atoms with Crippen LogP contribution in [-0.2, 0) is 6.54 Å². The van der Waals surface area contributed by atoms with Crippen LogP contribution >= 0.6 is 15.9 Å². The number of rotatable bonds is 7. The van der Waals surface area contributed by atoms with E-state index >= 15 is 0 Å². The molecule has 28 heavy (non-hydrogen) atoms. The van der Waals surface area contributed by atoms with Gasteiger partial charge >= 0.3 is 5.69 Å². The molecule has 3 rings (SSSR count). The summed E-state index contributed by atoms with van der Waals surface area (Å²) >= 11 is 3.21. The summed E-state index contributed by atoms with van der Waals surface area (Å²) in [4.78, 5) is 19.0. The van der Waals surface area contributed by atoms with E-state index in [1.807, 2.05) is 0 Å². The number of benzene rings is 1. The minimum absolute atomic E-state index is 0.161. The van der Waals surface area contributed by atoms with E-state index in [9.17, 15) is 14.5 Å². The predicted molar refractivity (Wildman–Crippen MR) is 109 cm³/mol. The van der Waals surface area contributed by atoms with Crippen LogP contribution in [0, 0.1) is 21.8 Å². The highest BCUT2D eigenvalue weighted by Gasteiger charge is 2.21. The molecule has 0 aliphatic heterocycles. The fourth-order valence-electron chi connectivity index (χ4n) is 3.20. The molecule has 150 valence electrons. The average molecular weight is 453 g/mol. The van der Waals surface area contributed by atoms with Crippen molar-refractivity contribution in [2.24, 2.45) is 11.7 Å². The number of hydrogen-bond acceptors (Lipinski definition) is 7. The molecule has 8 nitrogen and oxygen atoms in total. The summed E-state index contributed by atoms with van der Waals surface area (Å²) < 4.78 is 14.6. The first-order chi connectivity index (χ1) is 13.4. The fraction of sp³-hybridized carbons (Fsp3) is 0.444. The molecule has 10 heteroatoms. The van der Waals surface area contributed by atoms with Gasteiger partial charge in [0.1, 0.15) is 12.0 Å². The lowest BCUT2D eigenvalue weighted by atomic mass is 9.86. The van der Waals surface area contributed by atoms with Crippen LogP contribution in [0.5, 0.6) is 0 Å². The Hall–Kier alpha value is -2.33. The van der Waals surface area contributed by atoms with Gasteiger partial charge in [0.2, 0.25) is 11.8 Å². The highest BCUT2D eigenvalue weighted by Crippen LogP contribution is 2.26. The minimum atomic E-state index is -0.517. The molecule has 4 N–H and O–H groups in total. The lowest BCUT2D eigenvalue weighted by molar-refractivity contribution is -0.384. The number of nitrogens with two attached hydrogens (primary N) is 1. The molecule has 0 bridgehead atoms. The highest BCUT2D eigenvalue weighted by molar-refractivity contribution is 9.10. The van der Waals surface area contributed by atoms with Gasteiger partial charge in [0, 0.05) is 29.2 Å². The zero-order valence-corrected chi connectivity index (χ0v) is 16.8. The molecule has 1 aliphatic carbocycles. The quantitative estimate of drug-likeness (QED) is 0.431. The van der Waals surface area contributed by atoms with Gasteiger partial charge in [0.25, 0.3) is 0 Å². The second kappa shape index (κ2) is 9.24. The molecule has 1 fully saturated rings. The van der Waals surface area contributed by atoms with Crippen LogP contribution in [-0.4, -0.2) is 27.5 Å². The molecule has 0 radical (unpaired) electrons. The van der Waals surface area contributed by atoms with Gasteiger partial charge in [-0.1, -0.05) is 22.0 Å². The van der Waals surface area contributed by atoms with Crippen LogP contribution in [0.4, 0.5) is 21.8 Å². The molecule has 0 atom stereocenters. The van der Waals surface area contributed by atoms with Crippen LogP contribution in [0.3, 0.4) is 0 Å². The maximum Gasteiger partial charge on any atom is 0.329 e. The van der Waals surface area contributed by atoms with E-state index in [0.29, 0.717) is 22.5 Å². The van der Waals surface area contributed by atoms with Crippen molar-refractivity contribution in [1.82, 2.24) is 9.97 Å². The fourth-order valence-corrected chi connectivity index (χ4v) is 3.53. The molecule has 0 unspecified atom stereocenters. The van der Waals surface area contributed by atoms with Crippen molar-refractivity contribution in [3.8, 4) is 0 Å². The molecule has 1 aromatic carbocycles. The zero-order valence-electron chi connectivity index (χ0n) is 15.2. The summed E-state index contributed by atoms with van der Waals surface area (Å²) in [5, 5.41) is 17.3. The predicted octanol–water partition coefficient (Wildman–Crippen LogP) is 3.83. The van der Waals surface area contributed by atoms with Crippen LogP contribution in [0.1, 0.15) is 31.2 Å². The normalized spacial score (nSPS) is 19.2. The topological polar surface area (TPSA) is 119 Å². The van der Waals surface area contributed by atoms with Crippen molar-refractivity contribution >= 4 is 33.4 Å². The van der Waals surface area contributed by atoms with Gasteiger partial charge in [-0.05, 0) is 43.7 Å². The van der Waals surface area contributed by atoms with E-state index in [1.165, 1.54) is 6.07 Å². The molecular formula is C18H22BrFN6O2. The molecule has 2 aromatic rings. The molecule has 0 spiro atoms. The third kappa shape index (κ3) is 5.35. The summed E-state index contributed by atoms with van der Waals surface area (Å²) in [5.41, 5.74) is 6.18. The lowest BCUT2D eigenvalue weighted by Crippen LogP contribution is -2.29. The molecule has 0 saturated heterocycles. The van der Waals surface area contributed by atoms with Crippen LogP contribution in [0.2, 0.25) is 0 Å². The Balaban J connectivity index is 1.67. The van der Waals surface area contributed by atoms with E-state index in [1.54, 1.807) is 12.1 Å². The van der Waals surface area contributed by atoms with E-state index in [0.717, 1.165) is 31.9 Å². The Bertz CT molecular complexity index is 845. The first-order valence-corrected chi connectivity index (χ1v) is 9.90. The number of anilines is 2. The van der Waals surface area contributed by atoms with Gasteiger partial charge in [-0.15, -0.1) is 0 Å². The standard InChI is InChI=1S/C18H22BrFN6O2/c19-13-4-3-12(15(20)7-13)9-23-18-24-10-16(26(27)28)17(25-18)22-8-11-1-5-14(21)6-2-11/h3-4,7,10-11,14H,1-2,5-6,8-9,21H2,(H2,22,23,24,25)/t11-,14-. The van der Waals surface area contributed by atoms with Crippen molar-refractivity contribution in [3.05, 3.63) is 50.4 Å². The summed E-state index contributed by atoms with van der Waals surface area (Å²) in [7, 11) is 0. The van der Waals surface area contributed by atoms with Gasteiger partial charge in [-0.2, -0.15) is 4.98 Å². The molecule has 0 amide bonds. The van der Waals surface area contributed by atoms with Gasteiger partial charge in [0.05, 0.1) is 4.92 Å². The van der Waals surface area contributed by atoms with E-state index < -0.39 is 4.92 Å². The van der Waals surface area contributed by atoms with Crippen molar-refractivity contribution in [1.29, 1.82) is 0 Å². The van der Waals surface area contributed by atoms with Crippen molar-refractivity contribution in [2.75, 3.05) is 17.2 Å². The molecule has 1 aromatic heterocycles. The van der Waals surface area contributed by atoms with Crippen LogP contribution < -0.4 is 16.4 Å². The molecule has 1 heterocycles. The number of hydrogen-bond donors (Lipinski definition) is 3. The Kier molecular flexibility index (Phi) is 6.74. The first kappa shape index (κ1) is 20.4. The van der Waals surface area contributed by atoms with Crippen molar-refractivity contribution in [3.63, 3.8) is 0 Å². The SMILES string of the molecule is N[C@H]1CC[C@H](CNc2nc(NCc3ccc(Br)cc3F)ncc2[N+](=O)[O-])CC1. The highest BCUT2D eigenvalue weighted by atomic mass is 79.9. The van der Waals surface area contributed by atoms with E-state index in [-0.39, 0.29) is 35.9 Å². The maximum absolute atomic E-state index is 13.9. The van der Waals surface area contributed by atoms with Crippen LogP contribution in [0.25, 0.3) is 0 Å². The number of nitrogens with one attached hydrogen (secondary N) is 2. The number of nitro groups is 1. The Morgan fingerprint density at radius 3 is 2.71 bits per heavy atom. The first-order valence-electron chi connectivity index (χ1n) is 9.11. The smallest absolute Gasteiger partial charge is 0.329 e. The lowest BCUT2D eigenvalue weighted by Gasteiger charge is -2.26. The van der Waals surface area contributed by atoms with Gasteiger partial charge in [-0.25, -0.2) is 9.37 Å². The van der Waals surface area contributed by atoms with Gasteiger partial charge < -0.3 is 16.4 Å². The van der Waals surface area contributed by atoms with Crippen molar-refractivity contribution in [2.45, 2.75) is 38.3 Å². The summed E-state index contributed by atoms with van der Waals surface area (Å²) in [6, 6.07) is 5.00. The number of halogens is 2. The third-order valence-corrected chi connectivity index (χ3v) is 5.36. The molecular weight excluding hydrogens is 431 g/mol. The summed E-state index contributed by atoms with van der Waals surface area (Å²) in [6.45, 7) is 0.752. The Labute approximate surface area is 170 Å². The second-order valence-electron chi connectivity index (χ2n) is 6.94. The van der Waals surface area contributed by atoms with Gasteiger partial charge in [-0.3, -0.25) is 10.1 Å². The summed E-state index contributed by atoms with van der Waals surface area (Å²) in [6.07, 6.45) is 5.06. The number of nitrogens with zero attached hydrogens (tertiary/aromatic N) is 3.